The number of piperazine rings is 1. The Morgan fingerprint density at radius 2 is 1.69 bits per heavy atom. The first-order valence-electron chi connectivity index (χ1n) is 9.91. The molecule has 1 aliphatic heterocycles. The zero-order chi connectivity index (χ0) is 20.2. The molecule has 2 N–H and O–H groups in total. The number of likely N-dealkylation sites (N-methyl/N-ethyl adjacent to an activating group) is 1. The lowest BCUT2D eigenvalue weighted by Gasteiger charge is -2.33. The third-order valence-electron chi connectivity index (χ3n) is 5.02. The van der Waals surface area contributed by atoms with E-state index >= 15 is 0 Å². The van der Waals surface area contributed by atoms with E-state index in [1.807, 2.05) is 31.2 Å². The van der Waals surface area contributed by atoms with Crippen LogP contribution in [0.3, 0.4) is 0 Å². The highest BCUT2D eigenvalue weighted by Gasteiger charge is 2.17. The molecule has 3 heterocycles. The summed E-state index contributed by atoms with van der Waals surface area (Å²) in [6.45, 7) is 8.03. The molecule has 7 heteroatoms. The number of nitrogens with zero attached hydrogens (tertiary/aromatic N) is 5. The molecule has 0 atom stereocenters. The SMILES string of the molecule is Cc1ccc(C=Cc2nc(Nc3cc(C)[nH]n3)cc(N3CCN(C)CC3)n2)cc1. The van der Waals surface area contributed by atoms with Gasteiger partial charge in [-0.05, 0) is 32.5 Å². The molecule has 0 unspecified atom stereocenters. The van der Waals surface area contributed by atoms with Crippen molar-refractivity contribution in [2.45, 2.75) is 13.8 Å². The van der Waals surface area contributed by atoms with Crippen LogP contribution in [0.25, 0.3) is 12.2 Å². The van der Waals surface area contributed by atoms with Crippen LogP contribution in [0.15, 0.2) is 36.4 Å². The maximum atomic E-state index is 4.80. The van der Waals surface area contributed by atoms with Crippen molar-refractivity contribution >= 4 is 29.6 Å². The van der Waals surface area contributed by atoms with E-state index in [1.165, 1.54) is 5.56 Å². The average molecular weight is 390 g/mol. The Balaban J connectivity index is 1.62. The zero-order valence-electron chi connectivity index (χ0n) is 17.2. The van der Waals surface area contributed by atoms with Crippen LogP contribution in [0.2, 0.25) is 0 Å². The largest absolute Gasteiger partial charge is 0.354 e. The van der Waals surface area contributed by atoms with Crippen molar-refractivity contribution in [3.8, 4) is 0 Å². The lowest BCUT2D eigenvalue weighted by atomic mass is 10.1. The van der Waals surface area contributed by atoms with E-state index in [-0.39, 0.29) is 0 Å². The number of aryl methyl sites for hydroxylation is 2. The molecule has 3 aromatic rings. The van der Waals surface area contributed by atoms with Gasteiger partial charge >= 0.3 is 0 Å². The van der Waals surface area contributed by atoms with Crippen LogP contribution in [0, 0.1) is 13.8 Å². The lowest BCUT2D eigenvalue weighted by Crippen LogP contribution is -2.44. The summed E-state index contributed by atoms with van der Waals surface area (Å²) < 4.78 is 0. The van der Waals surface area contributed by atoms with Crippen LogP contribution >= 0.6 is 0 Å². The highest BCUT2D eigenvalue weighted by atomic mass is 15.3. The van der Waals surface area contributed by atoms with E-state index < -0.39 is 0 Å². The fourth-order valence-corrected chi connectivity index (χ4v) is 3.25. The van der Waals surface area contributed by atoms with Crippen molar-refractivity contribution < 1.29 is 0 Å². The number of benzene rings is 1. The Morgan fingerprint density at radius 1 is 0.931 bits per heavy atom. The maximum absolute atomic E-state index is 4.80. The number of anilines is 3. The van der Waals surface area contributed by atoms with Crippen LogP contribution in [-0.4, -0.2) is 58.3 Å². The second kappa shape index (κ2) is 8.45. The van der Waals surface area contributed by atoms with Gasteiger partial charge < -0.3 is 15.1 Å². The molecule has 0 bridgehead atoms. The Bertz CT molecular complexity index is 983. The van der Waals surface area contributed by atoms with Crippen molar-refractivity contribution in [1.82, 2.24) is 25.1 Å². The highest BCUT2D eigenvalue weighted by Crippen LogP contribution is 2.21. The minimum absolute atomic E-state index is 0.678. The van der Waals surface area contributed by atoms with E-state index in [9.17, 15) is 0 Å². The van der Waals surface area contributed by atoms with Gasteiger partial charge in [-0.2, -0.15) is 5.10 Å². The number of H-pyrrole nitrogens is 1. The molecule has 150 valence electrons. The number of rotatable bonds is 5. The number of aromatic nitrogens is 4. The van der Waals surface area contributed by atoms with Crippen LogP contribution in [0.1, 0.15) is 22.6 Å². The van der Waals surface area contributed by atoms with Gasteiger partial charge in [0.15, 0.2) is 11.6 Å². The van der Waals surface area contributed by atoms with Crippen molar-refractivity contribution in [2.24, 2.45) is 0 Å². The van der Waals surface area contributed by atoms with Crippen molar-refractivity contribution in [2.75, 3.05) is 43.4 Å². The third kappa shape index (κ3) is 5.00. The molecule has 29 heavy (non-hydrogen) atoms. The molecule has 0 radical (unpaired) electrons. The van der Waals surface area contributed by atoms with Crippen molar-refractivity contribution in [3.63, 3.8) is 0 Å². The Labute approximate surface area is 171 Å². The van der Waals surface area contributed by atoms with Gasteiger partial charge in [0.05, 0.1) is 0 Å². The summed E-state index contributed by atoms with van der Waals surface area (Å²) in [7, 11) is 2.15. The van der Waals surface area contributed by atoms with Crippen molar-refractivity contribution in [1.29, 1.82) is 0 Å². The average Bonchev–Trinajstić information content (AvgIpc) is 3.12. The van der Waals surface area contributed by atoms with Crippen molar-refractivity contribution in [3.05, 3.63) is 59.0 Å². The molecule has 1 fully saturated rings. The number of hydrogen-bond donors (Lipinski definition) is 2. The zero-order valence-corrected chi connectivity index (χ0v) is 17.2. The second-order valence-electron chi connectivity index (χ2n) is 7.57. The van der Waals surface area contributed by atoms with E-state index in [2.05, 4.69) is 68.5 Å². The first-order chi connectivity index (χ1) is 14.0. The number of nitrogens with one attached hydrogen (secondary N) is 2. The quantitative estimate of drug-likeness (QED) is 0.696. The normalized spacial score (nSPS) is 15.2. The van der Waals surface area contributed by atoms with E-state index in [1.54, 1.807) is 0 Å². The Kier molecular flexibility index (Phi) is 5.57. The predicted octanol–water partition coefficient (Wildman–Crippen LogP) is 3.48. The summed E-state index contributed by atoms with van der Waals surface area (Å²) >= 11 is 0. The van der Waals surface area contributed by atoms with Gasteiger partial charge in [0.2, 0.25) is 0 Å². The van der Waals surface area contributed by atoms with Crippen LogP contribution in [0.5, 0.6) is 0 Å². The first-order valence-corrected chi connectivity index (χ1v) is 9.91. The molecule has 0 saturated carbocycles. The molecule has 7 nitrogen and oxygen atoms in total. The van der Waals surface area contributed by atoms with E-state index in [0.717, 1.165) is 54.9 Å². The van der Waals surface area contributed by atoms with Crippen LogP contribution < -0.4 is 10.2 Å². The van der Waals surface area contributed by atoms with E-state index in [4.69, 9.17) is 4.98 Å². The summed E-state index contributed by atoms with van der Waals surface area (Å²) in [6, 6.07) is 12.4. The number of aromatic amines is 1. The van der Waals surface area contributed by atoms with Gasteiger partial charge in [-0.25, -0.2) is 9.97 Å². The minimum Gasteiger partial charge on any atom is -0.354 e. The molecule has 0 spiro atoms. The fraction of sp³-hybridized carbons (Fsp3) is 0.318. The predicted molar refractivity (Wildman–Crippen MR) is 118 cm³/mol. The topological polar surface area (TPSA) is 73.0 Å². The summed E-state index contributed by atoms with van der Waals surface area (Å²) in [5.74, 6) is 3.10. The molecule has 0 amide bonds. The summed E-state index contributed by atoms with van der Waals surface area (Å²) in [5, 5.41) is 10.5. The molecule has 1 aliphatic rings. The fourth-order valence-electron chi connectivity index (χ4n) is 3.25. The van der Waals surface area contributed by atoms with E-state index in [0.29, 0.717) is 5.82 Å². The number of hydrogen-bond acceptors (Lipinski definition) is 6. The molecular formula is C22H27N7. The summed E-state index contributed by atoms with van der Waals surface area (Å²) in [4.78, 5) is 14.1. The van der Waals surface area contributed by atoms with Gasteiger partial charge in [-0.15, -0.1) is 0 Å². The monoisotopic (exact) mass is 389 g/mol. The highest BCUT2D eigenvalue weighted by molar-refractivity contribution is 5.69. The standard InChI is InChI=1S/C22H27N7/c1-16-4-6-18(7-5-16)8-9-19-23-20(24-21-14-17(2)26-27-21)15-22(25-19)29-12-10-28(3)11-13-29/h4-9,14-15H,10-13H2,1-3H3,(H2,23,24,25,26,27). The molecule has 1 saturated heterocycles. The summed E-state index contributed by atoms with van der Waals surface area (Å²) in [5.41, 5.74) is 3.37. The first kappa shape index (κ1) is 19.1. The lowest BCUT2D eigenvalue weighted by molar-refractivity contribution is 0.312. The van der Waals surface area contributed by atoms with Gasteiger partial charge in [0.25, 0.3) is 0 Å². The van der Waals surface area contributed by atoms with Gasteiger partial charge in [0, 0.05) is 44.0 Å². The molecule has 2 aromatic heterocycles. The molecular weight excluding hydrogens is 362 g/mol. The molecule has 4 rings (SSSR count). The summed E-state index contributed by atoms with van der Waals surface area (Å²) in [6.07, 6.45) is 4.01. The van der Waals surface area contributed by atoms with Gasteiger partial charge in [-0.3, -0.25) is 5.10 Å². The molecule has 0 aliphatic carbocycles. The minimum atomic E-state index is 0.678. The Morgan fingerprint density at radius 3 is 2.38 bits per heavy atom. The second-order valence-corrected chi connectivity index (χ2v) is 7.57. The van der Waals surface area contributed by atoms with Crippen LogP contribution in [-0.2, 0) is 0 Å². The Hall–Kier alpha value is -3.19. The maximum Gasteiger partial charge on any atom is 0.156 e. The van der Waals surface area contributed by atoms with Crippen LogP contribution in [0.4, 0.5) is 17.5 Å². The molecule has 1 aromatic carbocycles. The van der Waals surface area contributed by atoms with Gasteiger partial charge in [-0.1, -0.05) is 35.9 Å². The van der Waals surface area contributed by atoms with Gasteiger partial charge in [0.1, 0.15) is 11.6 Å². The smallest absolute Gasteiger partial charge is 0.156 e. The third-order valence-corrected chi connectivity index (χ3v) is 5.02.